The van der Waals surface area contributed by atoms with E-state index in [4.69, 9.17) is 10.8 Å². The number of amides is 3. The van der Waals surface area contributed by atoms with Crippen LogP contribution in [0, 0.1) is 0 Å². The first-order valence-electron chi connectivity index (χ1n) is 6.60. The molecule has 0 aliphatic heterocycles. The van der Waals surface area contributed by atoms with E-state index in [-0.39, 0.29) is 6.54 Å². The van der Waals surface area contributed by atoms with Crippen LogP contribution in [0.2, 0.25) is 0 Å². The average molecular weight is 334 g/mol. The van der Waals surface area contributed by atoms with Crippen molar-refractivity contribution in [3.8, 4) is 0 Å². The first-order chi connectivity index (χ1) is 10.3. The zero-order valence-corrected chi connectivity index (χ0v) is 13.4. The van der Waals surface area contributed by atoms with Crippen LogP contribution in [0.1, 0.15) is 13.3 Å². The number of nitrogens with one attached hydrogen (secondary N) is 3. The van der Waals surface area contributed by atoms with Gasteiger partial charge in [-0.1, -0.05) is 0 Å². The van der Waals surface area contributed by atoms with Gasteiger partial charge in [0.2, 0.25) is 17.7 Å². The van der Waals surface area contributed by atoms with Crippen molar-refractivity contribution < 1.29 is 24.3 Å². The first-order valence-corrected chi connectivity index (χ1v) is 7.99. The lowest BCUT2D eigenvalue weighted by Crippen LogP contribution is -2.54. The molecule has 9 nitrogen and oxygen atoms in total. The molecule has 3 amide bonds. The average Bonchev–Trinajstić information content (AvgIpc) is 2.48. The molecule has 22 heavy (non-hydrogen) atoms. The molecule has 126 valence electrons. The third-order valence-electron chi connectivity index (χ3n) is 2.61. The predicted molar refractivity (Wildman–Crippen MR) is 82.2 cm³/mol. The number of carboxylic acids is 1. The maximum atomic E-state index is 11.9. The van der Waals surface area contributed by atoms with E-state index in [0.29, 0.717) is 12.2 Å². The Kier molecular flexibility index (Phi) is 9.96. The lowest BCUT2D eigenvalue weighted by atomic mass is 10.2. The number of nitrogens with two attached hydrogens (primary N) is 1. The highest BCUT2D eigenvalue weighted by atomic mass is 32.2. The second kappa shape index (κ2) is 10.9. The highest BCUT2D eigenvalue weighted by molar-refractivity contribution is 7.98. The fraction of sp³-hybridized carbons (Fsp3) is 0.667. The molecule has 0 saturated carbocycles. The van der Waals surface area contributed by atoms with Gasteiger partial charge >= 0.3 is 5.97 Å². The van der Waals surface area contributed by atoms with Gasteiger partial charge in [0, 0.05) is 0 Å². The standard InChI is InChI=1S/C12H22N4O5S/c1-7(15-9(17)5-13)11(20)16-8(3-4-22-2)12(21)14-6-10(18)19/h7-8H,3-6,13H2,1-2H3,(H,14,21)(H,15,17)(H,16,20)(H,18,19)/t7-,8-/m0/s1. The van der Waals surface area contributed by atoms with Gasteiger partial charge in [0.1, 0.15) is 18.6 Å². The summed E-state index contributed by atoms with van der Waals surface area (Å²) < 4.78 is 0. The lowest BCUT2D eigenvalue weighted by Gasteiger charge is -2.20. The maximum Gasteiger partial charge on any atom is 0.322 e. The van der Waals surface area contributed by atoms with Crippen molar-refractivity contribution in [3.63, 3.8) is 0 Å². The number of carboxylic acid groups (broad SMARTS) is 1. The van der Waals surface area contributed by atoms with Crippen molar-refractivity contribution in [2.75, 3.05) is 25.1 Å². The molecule has 0 fully saturated rings. The van der Waals surface area contributed by atoms with E-state index in [9.17, 15) is 19.2 Å². The Bertz CT molecular complexity index is 418. The smallest absolute Gasteiger partial charge is 0.322 e. The van der Waals surface area contributed by atoms with Gasteiger partial charge in [0.05, 0.1) is 6.54 Å². The molecule has 0 aliphatic carbocycles. The summed E-state index contributed by atoms with van der Waals surface area (Å²) in [5.41, 5.74) is 5.14. The van der Waals surface area contributed by atoms with Crippen molar-refractivity contribution in [3.05, 3.63) is 0 Å². The summed E-state index contributed by atoms with van der Waals surface area (Å²) >= 11 is 1.49. The molecular weight excluding hydrogens is 312 g/mol. The molecule has 0 radical (unpaired) electrons. The Morgan fingerprint density at radius 3 is 2.32 bits per heavy atom. The molecule has 0 spiro atoms. The van der Waals surface area contributed by atoms with Crippen molar-refractivity contribution in [1.82, 2.24) is 16.0 Å². The summed E-state index contributed by atoms with van der Waals surface area (Å²) in [6.45, 7) is 0.695. The van der Waals surface area contributed by atoms with Crippen LogP contribution < -0.4 is 21.7 Å². The van der Waals surface area contributed by atoms with E-state index in [1.54, 1.807) is 0 Å². The van der Waals surface area contributed by atoms with Gasteiger partial charge in [-0.25, -0.2) is 0 Å². The van der Waals surface area contributed by atoms with E-state index in [2.05, 4.69) is 16.0 Å². The van der Waals surface area contributed by atoms with Gasteiger partial charge in [0.25, 0.3) is 0 Å². The van der Waals surface area contributed by atoms with Crippen LogP contribution in [0.4, 0.5) is 0 Å². The number of rotatable bonds is 10. The molecule has 0 rings (SSSR count). The summed E-state index contributed by atoms with van der Waals surface area (Å²) in [6.07, 6.45) is 2.19. The van der Waals surface area contributed by atoms with Crippen LogP contribution in [0.3, 0.4) is 0 Å². The Balaban J connectivity index is 4.61. The van der Waals surface area contributed by atoms with Crippen LogP contribution in [0.15, 0.2) is 0 Å². The molecule has 0 saturated heterocycles. The minimum Gasteiger partial charge on any atom is -0.480 e. The Morgan fingerprint density at radius 2 is 1.82 bits per heavy atom. The summed E-state index contributed by atoms with van der Waals surface area (Å²) in [4.78, 5) is 45.4. The highest BCUT2D eigenvalue weighted by Gasteiger charge is 2.24. The summed E-state index contributed by atoms with van der Waals surface area (Å²) in [6, 6.07) is -1.71. The topological polar surface area (TPSA) is 151 Å². The largest absolute Gasteiger partial charge is 0.480 e. The maximum absolute atomic E-state index is 11.9. The van der Waals surface area contributed by atoms with Crippen LogP contribution in [-0.2, 0) is 19.2 Å². The Labute approximate surface area is 132 Å². The van der Waals surface area contributed by atoms with Gasteiger partial charge in [-0.05, 0) is 25.4 Å². The monoisotopic (exact) mass is 334 g/mol. The SMILES string of the molecule is CSCC[C@H](NC(=O)[C@H](C)NC(=O)CN)C(=O)NCC(=O)O. The minimum atomic E-state index is -1.17. The van der Waals surface area contributed by atoms with E-state index >= 15 is 0 Å². The summed E-state index contributed by atoms with van der Waals surface area (Å²) in [5, 5.41) is 15.6. The number of carbonyl (C=O) groups excluding carboxylic acids is 3. The quantitative estimate of drug-likeness (QED) is 0.307. The number of hydrogen-bond acceptors (Lipinski definition) is 6. The molecule has 0 aromatic heterocycles. The molecule has 0 aromatic carbocycles. The molecule has 0 aromatic rings. The molecule has 2 atom stereocenters. The van der Waals surface area contributed by atoms with Gasteiger partial charge in [0.15, 0.2) is 0 Å². The van der Waals surface area contributed by atoms with Crippen molar-refractivity contribution in [2.45, 2.75) is 25.4 Å². The Hall–Kier alpha value is -1.81. The van der Waals surface area contributed by atoms with Gasteiger partial charge in [-0.15, -0.1) is 0 Å². The van der Waals surface area contributed by atoms with Crippen molar-refractivity contribution >= 4 is 35.5 Å². The second-order valence-electron chi connectivity index (χ2n) is 4.45. The van der Waals surface area contributed by atoms with Crippen molar-refractivity contribution in [1.29, 1.82) is 0 Å². The molecule has 0 aliphatic rings. The van der Waals surface area contributed by atoms with Crippen LogP contribution in [0.5, 0.6) is 0 Å². The van der Waals surface area contributed by atoms with E-state index in [1.807, 2.05) is 6.26 Å². The minimum absolute atomic E-state index is 0.243. The zero-order valence-electron chi connectivity index (χ0n) is 12.5. The van der Waals surface area contributed by atoms with Crippen LogP contribution in [0.25, 0.3) is 0 Å². The zero-order chi connectivity index (χ0) is 17.1. The van der Waals surface area contributed by atoms with Crippen LogP contribution >= 0.6 is 11.8 Å². The predicted octanol–water partition coefficient (Wildman–Crippen LogP) is -2.11. The van der Waals surface area contributed by atoms with E-state index in [0.717, 1.165) is 0 Å². The number of carbonyl (C=O) groups is 4. The number of thioether (sulfide) groups is 1. The van der Waals surface area contributed by atoms with Crippen molar-refractivity contribution in [2.24, 2.45) is 5.73 Å². The molecule has 6 N–H and O–H groups in total. The summed E-state index contributed by atoms with van der Waals surface area (Å²) in [7, 11) is 0. The lowest BCUT2D eigenvalue weighted by molar-refractivity contribution is -0.138. The fourth-order valence-electron chi connectivity index (χ4n) is 1.45. The molecular formula is C12H22N4O5S. The molecule has 0 bridgehead atoms. The second-order valence-corrected chi connectivity index (χ2v) is 5.43. The van der Waals surface area contributed by atoms with E-state index in [1.165, 1.54) is 18.7 Å². The van der Waals surface area contributed by atoms with Gasteiger partial charge in [-0.3, -0.25) is 19.2 Å². The van der Waals surface area contributed by atoms with Gasteiger partial charge in [-0.2, -0.15) is 11.8 Å². The normalized spacial score (nSPS) is 12.9. The van der Waals surface area contributed by atoms with E-state index < -0.39 is 42.3 Å². The molecule has 10 heteroatoms. The number of aliphatic carboxylic acids is 1. The first kappa shape index (κ1) is 20.2. The van der Waals surface area contributed by atoms with Crippen LogP contribution in [-0.4, -0.2) is 66.0 Å². The molecule has 0 heterocycles. The third-order valence-corrected chi connectivity index (χ3v) is 3.26. The Morgan fingerprint density at radius 1 is 1.18 bits per heavy atom. The molecule has 0 unspecified atom stereocenters. The highest BCUT2D eigenvalue weighted by Crippen LogP contribution is 2.01. The fourth-order valence-corrected chi connectivity index (χ4v) is 1.92. The number of hydrogen-bond donors (Lipinski definition) is 5. The third kappa shape index (κ3) is 8.47. The summed E-state index contributed by atoms with van der Waals surface area (Å²) in [5.74, 6) is -2.18. The van der Waals surface area contributed by atoms with Gasteiger partial charge < -0.3 is 26.8 Å².